The number of amides is 3. The number of nitrogens with two attached hydrogens (primary N) is 1. The van der Waals surface area contributed by atoms with Crippen molar-refractivity contribution in [2.45, 2.75) is 30.3 Å². The van der Waals surface area contributed by atoms with Crippen LogP contribution in [-0.2, 0) is 20.4 Å². The van der Waals surface area contributed by atoms with Gasteiger partial charge in [0.25, 0.3) is 5.91 Å². The predicted octanol–water partition coefficient (Wildman–Crippen LogP) is -0.282. The first-order chi connectivity index (χ1) is 11.6. The van der Waals surface area contributed by atoms with Crippen LogP contribution in [0.4, 0.5) is 4.79 Å². The molecule has 0 bridgehead atoms. The summed E-state index contributed by atoms with van der Waals surface area (Å²) in [5.74, 6) is -0.303. The first-order valence-electron chi connectivity index (χ1n) is 7.58. The number of urea groups is 1. The molecular weight excluding hydrogens is 348 g/mol. The van der Waals surface area contributed by atoms with Crippen molar-refractivity contribution in [3.05, 3.63) is 23.8 Å². The van der Waals surface area contributed by atoms with Gasteiger partial charge in [0.15, 0.2) is 0 Å². The third-order valence-electron chi connectivity index (χ3n) is 4.39. The molecule has 1 fully saturated rings. The highest BCUT2D eigenvalue weighted by Crippen LogP contribution is 2.34. The molecule has 1 saturated heterocycles. The minimum absolute atomic E-state index is 0.0266. The van der Waals surface area contributed by atoms with Crippen LogP contribution in [0, 0.1) is 0 Å². The summed E-state index contributed by atoms with van der Waals surface area (Å²) in [4.78, 5) is 23.7. The standard InChI is InChI=1S/C15H22N4O5S/c1-9(8-16)19(3)25(22,23)10-5-6-12(24-4)11(7-10)15(2)13(20)17-14(21)18-15/h5-7,9H,8,16H2,1-4H3,(H2,17,18,20,21). The van der Waals surface area contributed by atoms with E-state index >= 15 is 0 Å². The molecule has 25 heavy (non-hydrogen) atoms. The number of hydrogen-bond donors (Lipinski definition) is 3. The van der Waals surface area contributed by atoms with E-state index in [2.05, 4.69) is 10.6 Å². The number of methoxy groups -OCH3 is 1. The summed E-state index contributed by atoms with van der Waals surface area (Å²) in [6.45, 7) is 3.33. The second-order valence-corrected chi connectivity index (χ2v) is 8.00. The van der Waals surface area contributed by atoms with Crippen LogP contribution >= 0.6 is 0 Å². The van der Waals surface area contributed by atoms with Gasteiger partial charge < -0.3 is 15.8 Å². The zero-order valence-corrected chi connectivity index (χ0v) is 15.3. The average Bonchev–Trinajstić information content (AvgIpc) is 2.85. The number of likely N-dealkylation sites (N-methyl/N-ethyl adjacent to an activating group) is 1. The fraction of sp³-hybridized carbons (Fsp3) is 0.467. The summed E-state index contributed by atoms with van der Waals surface area (Å²) < 4.78 is 32.0. The van der Waals surface area contributed by atoms with Crippen molar-refractivity contribution in [2.24, 2.45) is 5.73 Å². The number of benzene rings is 1. The van der Waals surface area contributed by atoms with Crippen molar-refractivity contribution in [2.75, 3.05) is 20.7 Å². The van der Waals surface area contributed by atoms with E-state index in [4.69, 9.17) is 10.5 Å². The molecule has 2 unspecified atom stereocenters. The average molecular weight is 370 g/mol. The summed E-state index contributed by atoms with van der Waals surface area (Å²) in [7, 11) is -1.00. The number of carbonyl (C=O) groups excluding carboxylic acids is 2. The maximum atomic E-state index is 12.8. The maximum Gasteiger partial charge on any atom is 0.322 e. The van der Waals surface area contributed by atoms with Gasteiger partial charge in [0, 0.05) is 25.2 Å². The molecule has 9 nitrogen and oxygen atoms in total. The molecule has 0 radical (unpaired) electrons. The molecule has 3 amide bonds. The Kier molecular flexibility index (Phi) is 5.07. The van der Waals surface area contributed by atoms with Gasteiger partial charge in [-0.15, -0.1) is 0 Å². The van der Waals surface area contributed by atoms with Gasteiger partial charge in [0.2, 0.25) is 10.0 Å². The number of imide groups is 1. The van der Waals surface area contributed by atoms with E-state index in [9.17, 15) is 18.0 Å². The van der Waals surface area contributed by atoms with E-state index in [1.165, 1.54) is 39.3 Å². The van der Waals surface area contributed by atoms with E-state index in [-0.39, 0.29) is 22.8 Å². The Hall–Kier alpha value is -2.17. The van der Waals surface area contributed by atoms with Gasteiger partial charge in [-0.3, -0.25) is 10.1 Å². The lowest BCUT2D eigenvalue weighted by atomic mass is 9.91. The number of nitrogens with zero attached hydrogens (tertiary/aromatic N) is 1. The molecule has 1 aromatic rings. The largest absolute Gasteiger partial charge is 0.496 e. The Balaban J connectivity index is 2.59. The third-order valence-corrected chi connectivity index (χ3v) is 6.36. The van der Waals surface area contributed by atoms with Crippen LogP contribution in [0.25, 0.3) is 0 Å². The third kappa shape index (κ3) is 3.20. The lowest BCUT2D eigenvalue weighted by molar-refractivity contribution is -0.123. The van der Waals surface area contributed by atoms with Crippen molar-refractivity contribution in [3.8, 4) is 5.75 Å². The van der Waals surface area contributed by atoms with Crippen molar-refractivity contribution in [3.63, 3.8) is 0 Å². The van der Waals surface area contributed by atoms with Crippen LogP contribution in [0.2, 0.25) is 0 Å². The Morgan fingerprint density at radius 2 is 2.00 bits per heavy atom. The van der Waals surface area contributed by atoms with Crippen molar-refractivity contribution in [1.82, 2.24) is 14.9 Å². The Morgan fingerprint density at radius 1 is 1.36 bits per heavy atom. The van der Waals surface area contributed by atoms with Gasteiger partial charge in [-0.25, -0.2) is 13.2 Å². The van der Waals surface area contributed by atoms with Crippen LogP contribution in [-0.4, -0.2) is 51.4 Å². The zero-order chi connectivity index (χ0) is 19.0. The fourth-order valence-electron chi connectivity index (χ4n) is 2.52. The first kappa shape index (κ1) is 19.2. The van der Waals surface area contributed by atoms with Gasteiger partial charge >= 0.3 is 6.03 Å². The molecule has 2 rings (SSSR count). The monoisotopic (exact) mass is 370 g/mol. The summed E-state index contributed by atoms with van der Waals surface area (Å²) in [5.41, 5.74) is 4.36. The van der Waals surface area contributed by atoms with Crippen molar-refractivity contribution in [1.29, 1.82) is 0 Å². The first-order valence-corrected chi connectivity index (χ1v) is 9.02. The van der Waals surface area contributed by atoms with E-state index < -0.39 is 33.5 Å². The summed E-state index contributed by atoms with van der Waals surface area (Å²) >= 11 is 0. The fourth-order valence-corrected chi connectivity index (χ4v) is 3.92. The number of hydrogen-bond acceptors (Lipinski definition) is 6. The minimum Gasteiger partial charge on any atom is -0.496 e. The van der Waals surface area contributed by atoms with Crippen molar-refractivity contribution >= 4 is 22.0 Å². The van der Waals surface area contributed by atoms with Gasteiger partial charge in [0.1, 0.15) is 11.3 Å². The molecule has 0 spiro atoms. The van der Waals surface area contributed by atoms with Crippen LogP contribution in [0.3, 0.4) is 0 Å². The van der Waals surface area contributed by atoms with E-state index in [0.29, 0.717) is 0 Å². The van der Waals surface area contributed by atoms with E-state index in [1.807, 2.05) is 0 Å². The van der Waals surface area contributed by atoms with Crippen molar-refractivity contribution < 1.29 is 22.7 Å². The molecule has 0 aromatic heterocycles. The highest BCUT2D eigenvalue weighted by atomic mass is 32.2. The van der Waals surface area contributed by atoms with Crippen LogP contribution in [0.5, 0.6) is 5.75 Å². The number of rotatable bonds is 6. The topological polar surface area (TPSA) is 131 Å². The molecule has 1 heterocycles. The highest BCUT2D eigenvalue weighted by Gasteiger charge is 2.45. The summed E-state index contributed by atoms with van der Waals surface area (Å²) in [6.07, 6.45) is 0. The number of carbonyl (C=O) groups is 2. The van der Waals surface area contributed by atoms with Crippen LogP contribution in [0.15, 0.2) is 23.1 Å². The molecule has 10 heteroatoms. The Morgan fingerprint density at radius 3 is 2.48 bits per heavy atom. The van der Waals surface area contributed by atoms with Gasteiger partial charge in [0.05, 0.1) is 12.0 Å². The van der Waals surface area contributed by atoms with Gasteiger partial charge in [-0.05, 0) is 32.0 Å². The zero-order valence-electron chi connectivity index (χ0n) is 14.5. The van der Waals surface area contributed by atoms with E-state index in [1.54, 1.807) is 6.92 Å². The number of ether oxygens (including phenoxy) is 1. The molecule has 0 saturated carbocycles. The molecule has 4 N–H and O–H groups in total. The predicted molar refractivity (Wildman–Crippen MR) is 90.5 cm³/mol. The Labute approximate surface area is 146 Å². The molecule has 138 valence electrons. The normalized spacial score (nSPS) is 21.8. The molecule has 0 aliphatic carbocycles. The van der Waals surface area contributed by atoms with Crippen LogP contribution in [0.1, 0.15) is 19.4 Å². The lowest BCUT2D eigenvalue weighted by Crippen LogP contribution is -2.42. The summed E-state index contributed by atoms with van der Waals surface area (Å²) in [5, 5.41) is 4.65. The second-order valence-electron chi connectivity index (χ2n) is 6.00. The minimum atomic E-state index is -3.83. The summed E-state index contributed by atoms with van der Waals surface area (Å²) in [6, 6.07) is 3.11. The molecular formula is C15H22N4O5S. The molecule has 1 aromatic carbocycles. The molecule has 1 aliphatic heterocycles. The van der Waals surface area contributed by atoms with Gasteiger partial charge in [-0.1, -0.05) is 0 Å². The molecule has 1 aliphatic rings. The maximum absolute atomic E-state index is 12.8. The number of sulfonamides is 1. The van der Waals surface area contributed by atoms with Crippen LogP contribution < -0.4 is 21.1 Å². The quantitative estimate of drug-likeness (QED) is 0.590. The van der Waals surface area contributed by atoms with E-state index in [0.717, 1.165) is 4.31 Å². The number of nitrogens with one attached hydrogen (secondary N) is 2. The smallest absolute Gasteiger partial charge is 0.322 e. The second kappa shape index (κ2) is 6.62. The molecule has 2 atom stereocenters. The Bertz CT molecular complexity index is 810. The van der Waals surface area contributed by atoms with Gasteiger partial charge in [-0.2, -0.15) is 4.31 Å². The highest BCUT2D eigenvalue weighted by molar-refractivity contribution is 7.89. The lowest BCUT2D eigenvalue weighted by Gasteiger charge is -2.26. The SMILES string of the molecule is COc1ccc(S(=O)(=O)N(C)C(C)CN)cc1C1(C)NC(=O)NC1=O.